The molecule has 0 bridgehead atoms. The summed E-state index contributed by atoms with van der Waals surface area (Å²) < 4.78 is 11.5. The average Bonchev–Trinajstić information content (AvgIpc) is 2.27. The lowest BCUT2D eigenvalue weighted by molar-refractivity contribution is 0.158. The molecule has 0 heterocycles. The van der Waals surface area contributed by atoms with E-state index in [1.165, 1.54) is 5.56 Å². The van der Waals surface area contributed by atoms with Crippen LogP contribution in [-0.2, 0) is 15.3 Å². The minimum Gasteiger partial charge on any atom is -0.398 e. The Labute approximate surface area is 99.8 Å². The van der Waals surface area contributed by atoms with Crippen LogP contribution in [0.2, 0.25) is 12.6 Å². The van der Waals surface area contributed by atoms with Crippen molar-refractivity contribution in [3.05, 3.63) is 35.9 Å². The van der Waals surface area contributed by atoms with Crippen LogP contribution in [0.3, 0.4) is 0 Å². The lowest BCUT2D eigenvalue weighted by atomic mass is 10.2. The van der Waals surface area contributed by atoms with Gasteiger partial charge in [-0.1, -0.05) is 30.3 Å². The minimum atomic E-state index is -1.97. The van der Waals surface area contributed by atoms with Crippen molar-refractivity contribution in [1.82, 2.24) is 0 Å². The third-order valence-corrected chi connectivity index (χ3v) is 5.62. The summed E-state index contributed by atoms with van der Waals surface area (Å²) in [6, 6.07) is 11.5. The first kappa shape index (κ1) is 13.4. The minimum absolute atomic E-state index is 0.243. The van der Waals surface area contributed by atoms with E-state index in [1.807, 2.05) is 6.07 Å². The molecule has 0 amide bonds. The van der Waals surface area contributed by atoms with Crippen LogP contribution in [-0.4, -0.2) is 21.8 Å². The second kappa shape index (κ2) is 6.18. The predicted molar refractivity (Wildman–Crippen MR) is 69.8 cm³/mol. The van der Waals surface area contributed by atoms with Gasteiger partial charge in [0.25, 0.3) is 0 Å². The highest BCUT2D eigenvalue weighted by Gasteiger charge is 2.30. The fourth-order valence-corrected chi connectivity index (χ4v) is 3.88. The largest absolute Gasteiger partial charge is 0.398 e. The Kier molecular flexibility index (Phi) is 5.18. The topological polar surface area (TPSA) is 18.5 Å². The fraction of sp³-hybridized carbons (Fsp3) is 0.538. The summed E-state index contributed by atoms with van der Waals surface area (Å²) in [4.78, 5) is 0. The zero-order valence-corrected chi connectivity index (χ0v) is 11.7. The van der Waals surface area contributed by atoms with Gasteiger partial charge in [0, 0.05) is 13.2 Å². The third-order valence-electron chi connectivity index (χ3n) is 2.63. The van der Waals surface area contributed by atoms with E-state index in [-0.39, 0.29) is 6.10 Å². The highest BCUT2D eigenvalue weighted by molar-refractivity contribution is 6.66. The van der Waals surface area contributed by atoms with E-state index in [1.54, 1.807) is 7.11 Å². The molecule has 0 saturated heterocycles. The van der Waals surface area contributed by atoms with Crippen LogP contribution in [0.4, 0.5) is 0 Å². The van der Waals surface area contributed by atoms with Gasteiger partial charge < -0.3 is 8.85 Å². The molecule has 16 heavy (non-hydrogen) atoms. The van der Waals surface area contributed by atoms with Crippen LogP contribution in [0, 0.1) is 0 Å². The first-order chi connectivity index (χ1) is 7.56. The molecule has 0 radical (unpaired) electrons. The molecular weight excluding hydrogens is 216 g/mol. The van der Waals surface area contributed by atoms with E-state index in [9.17, 15) is 0 Å². The second-order valence-electron chi connectivity index (χ2n) is 4.49. The van der Waals surface area contributed by atoms with Gasteiger partial charge in [0.15, 0.2) is 0 Å². The van der Waals surface area contributed by atoms with Gasteiger partial charge >= 0.3 is 8.56 Å². The van der Waals surface area contributed by atoms with Crippen molar-refractivity contribution in [2.45, 2.75) is 39.0 Å². The molecule has 1 unspecified atom stereocenters. The molecule has 0 fully saturated rings. The van der Waals surface area contributed by atoms with E-state index in [0.717, 1.165) is 12.5 Å². The van der Waals surface area contributed by atoms with E-state index < -0.39 is 8.56 Å². The predicted octanol–water partition coefficient (Wildman–Crippen LogP) is 3.37. The number of aryl methyl sites for hydroxylation is 1. The summed E-state index contributed by atoms with van der Waals surface area (Å²) in [5, 5.41) is 0. The Morgan fingerprint density at radius 3 is 2.31 bits per heavy atom. The van der Waals surface area contributed by atoms with Crippen LogP contribution < -0.4 is 0 Å². The van der Waals surface area contributed by atoms with Gasteiger partial charge in [-0.05, 0) is 38.4 Å². The van der Waals surface area contributed by atoms with Crippen LogP contribution in [0.25, 0.3) is 0 Å². The van der Waals surface area contributed by atoms with Crippen molar-refractivity contribution >= 4 is 8.56 Å². The summed E-state index contributed by atoms with van der Waals surface area (Å²) in [7, 11) is -0.206. The lowest BCUT2D eigenvalue weighted by Gasteiger charge is -2.27. The summed E-state index contributed by atoms with van der Waals surface area (Å²) in [5.74, 6) is 0. The Morgan fingerprint density at radius 2 is 1.81 bits per heavy atom. The van der Waals surface area contributed by atoms with Gasteiger partial charge in [-0.3, -0.25) is 0 Å². The SMILES string of the molecule is CO[Si](C)(CCc1ccccc1)OC(C)C. The standard InChI is InChI=1S/C13H22O2Si/c1-12(2)15-16(4,14-3)11-10-13-8-6-5-7-9-13/h5-9,12H,10-11H2,1-4H3. The first-order valence-corrected chi connectivity index (χ1v) is 8.35. The molecule has 1 aromatic rings. The molecule has 2 nitrogen and oxygen atoms in total. The van der Waals surface area contributed by atoms with Crippen LogP contribution in [0.1, 0.15) is 19.4 Å². The monoisotopic (exact) mass is 238 g/mol. The quantitative estimate of drug-likeness (QED) is 0.707. The maximum atomic E-state index is 5.93. The van der Waals surface area contributed by atoms with Gasteiger partial charge in [-0.25, -0.2) is 0 Å². The molecule has 3 heteroatoms. The molecule has 0 aliphatic heterocycles. The molecule has 1 rings (SSSR count). The molecule has 0 aromatic heterocycles. The zero-order valence-electron chi connectivity index (χ0n) is 10.7. The molecule has 0 N–H and O–H groups in total. The molecule has 90 valence electrons. The van der Waals surface area contributed by atoms with Crippen molar-refractivity contribution < 1.29 is 8.85 Å². The van der Waals surface area contributed by atoms with Crippen molar-refractivity contribution in [3.8, 4) is 0 Å². The average molecular weight is 238 g/mol. The van der Waals surface area contributed by atoms with Crippen molar-refractivity contribution in [3.63, 3.8) is 0 Å². The smallest absolute Gasteiger partial charge is 0.335 e. The van der Waals surface area contributed by atoms with E-state index in [4.69, 9.17) is 8.85 Å². The van der Waals surface area contributed by atoms with E-state index in [2.05, 4.69) is 44.7 Å². The Bertz CT molecular complexity index is 300. The van der Waals surface area contributed by atoms with E-state index >= 15 is 0 Å². The first-order valence-electron chi connectivity index (χ1n) is 5.82. The number of rotatable bonds is 6. The Balaban J connectivity index is 2.51. The maximum absolute atomic E-state index is 5.93. The van der Waals surface area contributed by atoms with Gasteiger partial charge in [0.2, 0.25) is 0 Å². The molecule has 0 aliphatic rings. The Hall–Kier alpha value is -0.643. The second-order valence-corrected chi connectivity index (χ2v) is 7.90. The van der Waals surface area contributed by atoms with E-state index in [0.29, 0.717) is 0 Å². The fourth-order valence-electron chi connectivity index (χ4n) is 1.72. The zero-order chi connectivity index (χ0) is 12.0. The summed E-state index contributed by atoms with van der Waals surface area (Å²) in [6.45, 7) is 6.26. The van der Waals surface area contributed by atoms with Gasteiger partial charge in [-0.15, -0.1) is 0 Å². The maximum Gasteiger partial charge on any atom is 0.335 e. The molecule has 0 saturated carbocycles. The number of hydrogen-bond donors (Lipinski definition) is 0. The highest BCUT2D eigenvalue weighted by atomic mass is 28.4. The van der Waals surface area contributed by atoms with Gasteiger partial charge in [-0.2, -0.15) is 0 Å². The van der Waals surface area contributed by atoms with Crippen LogP contribution in [0.15, 0.2) is 30.3 Å². The normalized spacial score (nSPS) is 15.1. The summed E-state index contributed by atoms with van der Waals surface area (Å²) >= 11 is 0. The summed E-state index contributed by atoms with van der Waals surface area (Å²) in [6.07, 6.45) is 1.27. The van der Waals surface area contributed by atoms with Gasteiger partial charge in [0.05, 0.1) is 0 Å². The molecule has 0 spiro atoms. The summed E-state index contributed by atoms with van der Waals surface area (Å²) in [5.41, 5.74) is 1.35. The molecule has 1 atom stereocenters. The van der Waals surface area contributed by atoms with Crippen molar-refractivity contribution in [2.75, 3.05) is 7.11 Å². The van der Waals surface area contributed by atoms with Gasteiger partial charge in [0.1, 0.15) is 0 Å². The van der Waals surface area contributed by atoms with Crippen molar-refractivity contribution in [1.29, 1.82) is 0 Å². The molecule has 0 aliphatic carbocycles. The van der Waals surface area contributed by atoms with Crippen LogP contribution in [0.5, 0.6) is 0 Å². The highest BCUT2D eigenvalue weighted by Crippen LogP contribution is 2.18. The molecule has 1 aromatic carbocycles. The Morgan fingerprint density at radius 1 is 1.19 bits per heavy atom. The number of hydrogen-bond acceptors (Lipinski definition) is 2. The number of benzene rings is 1. The van der Waals surface area contributed by atoms with Crippen LogP contribution >= 0.6 is 0 Å². The van der Waals surface area contributed by atoms with Crippen molar-refractivity contribution in [2.24, 2.45) is 0 Å². The third kappa shape index (κ3) is 4.47. The molecular formula is C13H22O2Si. The lowest BCUT2D eigenvalue weighted by Crippen LogP contribution is -2.40.